The third-order valence-electron chi connectivity index (χ3n) is 4.91. The maximum Gasteiger partial charge on any atom is 0.211 e. The van der Waals surface area contributed by atoms with Crippen LogP contribution in [0.2, 0.25) is 0 Å². The highest BCUT2D eigenvalue weighted by Crippen LogP contribution is 2.25. The van der Waals surface area contributed by atoms with Crippen LogP contribution in [0.1, 0.15) is 23.7 Å². The van der Waals surface area contributed by atoms with E-state index in [9.17, 15) is 8.42 Å². The number of rotatable bonds is 7. The zero-order chi connectivity index (χ0) is 19.1. The van der Waals surface area contributed by atoms with Crippen LogP contribution in [-0.2, 0) is 14.8 Å². The van der Waals surface area contributed by atoms with Crippen LogP contribution in [0, 0.1) is 0 Å². The van der Waals surface area contributed by atoms with Crippen LogP contribution in [0.5, 0.6) is 0 Å². The van der Waals surface area contributed by atoms with E-state index in [0.29, 0.717) is 19.7 Å². The highest BCUT2D eigenvalue weighted by atomic mass is 32.2. The molecule has 1 saturated heterocycles. The molecule has 1 fully saturated rings. The van der Waals surface area contributed by atoms with Gasteiger partial charge in [0.1, 0.15) is 6.10 Å². The van der Waals surface area contributed by atoms with E-state index in [4.69, 9.17) is 4.74 Å². The normalized spacial score (nSPS) is 17.1. The van der Waals surface area contributed by atoms with Gasteiger partial charge < -0.3 is 4.74 Å². The first-order chi connectivity index (χ1) is 13.0. The van der Waals surface area contributed by atoms with Gasteiger partial charge in [-0.1, -0.05) is 60.7 Å². The van der Waals surface area contributed by atoms with Crippen LogP contribution in [-0.4, -0.2) is 63.2 Å². The summed E-state index contributed by atoms with van der Waals surface area (Å²) in [5, 5.41) is 0. The third-order valence-corrected chi connectivity index (χ3v) is 6.22. The van der Waals surface area contributed by atoms with Crippen LogP contribution in [0.3, 0.4) is 0 Å². The lowest BCUT2D eigenvalue weighted by molar-refractivity contribution is 0.0609. The minimum Gasteiger partial charge on any atom is -0.367 e. The molecule has 2 aromatic carbocycles. The fourth-order valence-electron chi connectivity index (χ4n) is 3.44. The molecular formula is C21H28N2O3S. The highest BCUT2D eigenvalue weighted by Gasteiger charge is 2.21. The Labute approximate surface area is 162 Å². The van der Waals surface area contributed by atoms with Gasteiger partial charge in [0.15, 0.2) is 0 Å². The maximum atomic E-state index is 11.7. The molecule has 146 valence electrons. The monoisotopic (exact) mass is 388 g/mol. The van der Waals surface area contributed by atoms with Crippen molar-refractivity contribution in [2.45, 2.75) is 12.5 Å². The van der Waals surface area contributed by atoms with Crippen molar-refractivity contribution in [3.05, 3.63) is 71.8 Å². The van der Waals surface area contributed by atoms with Crippen LogP contribution < -0.4 is 0 Å². The first-order valence-electron chi connectivity index (χ1n) is 9.43. The molecule has 0 unspecified atom stereocenters. The minimum atomic E-state index is -3.10. The number of hydrogen-bond donors (Lipinski definition) is 0. The summed E-state index contributed by atoms with van der Waals surface area (Å²) in [5.41, 5.74) is 2.28. The lowest BCUT2D eigenvalue weighted by atomic mass is 10.0. The Morgan fingerprint density at radius 3 is 2.04 bits per heavy atom. The first kappa shape index (κ1) is 20.0. The molecule has 5 nitrogen and oxygen atoms in total. The van der Waals surface area contributed by atoms with Crippen molar-refractivity contribution in [1.29, 1.82) is 0 Å². The second-order valence-electron chi connectivity index (χ2n) is 6.93. The van der Waals surface area contributed by atoms with Crippen molar-refractivity contribution in [2.75, 3.05) is 45.6 Å². The molecule has 0 N–H and O–H groups in total. The zero-order valence-electron chi connectivity index (χ0n) is 15.8. The standard InChI is InChI=1S/C21H28N2O3S/c1-27(24,25)23-14-8-13-22(15-16-23)17-18-26-21(19-9-4-2-5-10-19)20-11-6-3-7-12-20/h2-7,9-12,21H,8,13-18H2,1H3. The van der Waals surface area contributed by atoms with Gasteiger partial charge in [0, 0.05) is 26.2 Å². The second-order valence-corrected chi connectivity index (χ2v) is 8.91. The number of ether oxygens (including phenoxy) is 1. The van der Waals surface area contributed by atoms with E-state index in [0.717, 1.165) is 37.2 Å². The average molecular weight is 389 g/mol. The van der Waals surface area contributed by atoms with E-state index in [1.807, 2.05) is 36.4 Å². The fraction of sp³-hybridized carbons (Fsp3) is 0.429. The molecule has 0 radical (unpaired) electrons. The lowest BCUT2D eigenvalue weighted by Crippen LogP contribution is -2.35. The third kappa shape index (κ3) is 5.87. The molecule has 0 spiro atoms. The van der Waals surface area contributed by atoms with Gasteiger partial charge in [0.25, 0.3) is 0 Å². The molecule has 0 amide bonds. The Morgan fingerprint density at radius 1 is 0.889 bits per heavy atom. The maximum absolute atomic E-state index is 11.7. The van der Waals surface area contributed by atoms with Gasteiger partial charge in [-0.25, -0.2) is 12.7 Å². The van der Waals surface area contributed by atoms with E-state index in [-0.39, 0.29) is 6.10 Å². The molecular weight excluding hydrogens is 360 g/mol. The predicted molar refractivity (Wildman–Crippen MR) is 108 cm³/mol. The smallest absolute Gasteiger partial charge is 0.211 e. The number of hydrogen-bond acceptors (Lipinski definition) is 4. The van der Waals surface area contributed by atoms with Gasteiger partial charge in [-0.05, 0) is 24.1 Å². The summed E-state index contributed by atoms with van der Waals surface area (Å²) < 4.78 is 31.3. The van der Waals surface area contributed by atoms with Gasteiger partial charge in [-0.3, -0.25) is 4.90 Å². The predicted octanol–water partition coefficient (Wildman–Crippen LogP) is 2.76. The zero-order valence-corrected chi connectivity index (χ0v) is 16.6. The fourth-order valence-corrected chi connectivity index (χ4v) is 4.32. The van der Waals surface area contributed by atoms with Crippen molar-refractivity contribution in [3.8, 4) is 0 Å². The quantitative estimate of drug-likeness (QED) is 0.732. The number of nitrogens with zero attached hydrogens (tertiary/aromatic N) is 2. The van der Waals surface area contributed by atoms with Gasteiger partial charge in [-0.15, -0.1) is 0 Å². The van der Waals surface area contributed by atoms with Crippen molar-refractivity contribution in [1.82, 2.24) is 9.21 Å². The molecule has 0 aromatic heterocycles. The Hall–Kier alpha value is -1.73. The topological polar surface area (TPSA) is 49.9 Å². The summed E-state index contributed by atoms with van der Waals surface area (Å²) in [5.74, 6) is 0. The molecule has 0 aliphatic carbocycles. The molecule has 1 aliphatic heterocycles. The van der Waals surface area contributed by atoms with Crippen molar-refractivity contribution >= 4 is 10.0 Å². The number of sulfonamides is 1. The van der Waals surface area contributed by atoms with Crippen LogP contribution in [0.15, 0.2) is 60.7 Å². The summed E-state index contributed by atoms with van der Waals surface area (Å²) in [4.78, 5) is 2.29. The van der Waals surface area contributed by atoms with E-state index in [1.165, 1.54) is 6.26 Å². The summed E-state index contributed by atoms with van der Waals surface area (Å²) in [7, 11) is -3.10. The van der Waals surface area contributed by atoms with Gasteiger partial charge >= 0.3 is 0 Å². The number of benzene rings is 2. The van der Waals surface area contributed by atoms with Crippen molar-refractivity contribution < 1.29 is 13.2 Å². The van der Waals surface area contributed by atoms with Gasteiger partial charge in [0.05, 0.1) is 12.9 Å². The molecule has 0 bridgehead atoms. The Morgan fingerprint density at radius 2 is 1.48 bits per heavy atom. The summed E-state index contributed by atoms with van der Waals surface area (Å²) in [6.45, 7) is 4.21. The van der Waals surface area contributed by atoms with E-state index in [2.05, 4.69) is 29.2 Å². The molecule has 0 atom stereocenters. The molecule has 1 heterocycles. The largest absolute Gasteiger partial charge is 0.367 e. The summed E-state index contributed by atoms with van der Waals surface area (Å²) in [6.07, 6.45) is 2.05. The van der Waals surface area contributed by atoms with Gasteiger partial charge in [0.2, 0.25) is 10.0 Å². The summed E-state index contributed by atoms with van der Waals surface area (Å²) >= 11 is 0. The lowest BCUT2D eigenvalue weighted by Gasteiger charge is -2.23. The molecule has 1 aliphatic rings. The van der Waals surface area contributed by atoms with E-state index in [1.54, 1.807) is 4.31 Å². The molecule has 2 aromatic rings. The highest BCUT2D eigenvalue weighted by molar-refractivity contribution is 7.88. The van der Waals surface area contributed by atoms with E-state index < -0.39 is 10.0 Å². The Balaban J connectivity index is 1.58. The second kappa shape index (κ2) is 9.46. The Bertz CT molecular complexity index is 757. The molecule has 6 heteroatoms. The van der Waals surface area contributed by atoms with Crippen molar-refractivity contribution in [2.24, 2.45) is 0 Å². The molecule has 3 rings (SSSR count). The van der Waals surface area contributed by atoms with Gasteiger partial charge in [-0.2, -0.15) is 0 Å². The first-order valence-corrected chi connectivity index (χ1v) is 11.3. The SMILES string of the molecule is CS(=O)(=O)N1CCCN(CCOC(c2ccccc2)c2ccccc2)CC1. The van der Waals surface area contributed by atoms with Crippen LogP contribution >= 0.6 is 0 Å². The Kier molecular flexibility index (Phi) is 7.01. The molecule has 27 heavy (non-hydrogen) atoms. The van der Waals surface area contributed by atoms with Crippen LogP contribution in [0.25, 0.3) is 0 Å². The summed E-state index contributed by atoms with van der Waals surface area (Å²) in [6, 6.07) is 20.5. The van der Waals surface area contributed by atoms with Crippen LogP contribution in [0.4, 0.5) is 0 Å². The minimum absolute atomic E-state index is 0.0908. The van der Waals surface area contributed by atoms with Crippen molar-refractivity contribution in [3.63, 3.8) is 0 Å². The van der Waals surface area contributed by atoms with E-state index >= 15 is 0 Å². The molecule has 0 saturated carbocycles. The average Bonchev–Trinajstić information content (AvgIpc) is 2.92.